The summed E-state index contributed by atoms with van der Waals surface area (Å²) in [7, 11) is 0. The van der Waals surface area contributed by atoms with E-state index in [9.17, 15) is 0 Å². The van der Waals surface area contributed by atoms with Crippen molar-refractivity contribution < 1.29 is 0 Å². The molecule has 0 aliphatic carbocycles. The molecule has 0 heterocycles. The molecule has 2 aromatic carbocycles. The molecule has 96 valence electrons. The minimum absolute atomic E-state index is 0.461. The van der Waals surface area contributed by atoms with E-state index in [1.165, 1.54) is 5.56 Å². The van der Waals surface area contributed by atoms with Crippen LogP contribution in [-0.2, 0) is 6.42 Å². The van der Waals surface area contributed by atoms with Crippen LogP contribution in [0.5, 0.6) is 0 Å². The van der Waals surface area contributed by atoms with Crippen molar-refractivity contribution in [2.75, 3.05) is 5.32 Å². The smallest absolute Gasteiger partial charge is 0.0669 e. The van der Waals surface area contributed by atoms with Crippen LogP contribution in [0.15, 0.2) is 48.5 Å². The first-order chi connectivity index (χ1) is 9.20. The van der Waals surface area contributed by atoms with Gasteiger partial charge >= 0.3 is 0 Å². The van der Waals surface area contributed by atoms with Gasteiger partial charge in [-0.1, -0.05) is 44.2 Å². The van der Waals surface area contributed by atoms with E-state index in [1.807, 2.05) is 30.3 Å². The summed E-state index contributed by atoms with van der Waals surface area (Å²) in [6, 6.07) is 18.5. The highest BCUT2D eigenvalue weighted by Gasteiger charge is 2.05. The van der Waals surface area contributed by atoms with Crippen molar-refractivity contribution >= 4 is 11.4 Å². The SMILES string of the molecule is CC(C)c1ccccc1Nc1ccc(CC#N)cc1. The molecule has 0 fully saturated rings. The lowest BCUT2D eigenvalue weighted by Gasteiger charge is -2.14. The topological polar surface area (TPSA) is 35.8 Å². The fraction of sp³-hybridized carbons (Fsp3) is 0.235. The molecule has 1 N–H and O–H groups in total. The summed E-state index contributed by atoms with van der Waals surface area (Å²) in [5, 5.41) is 12.1. The van der Waals surface area contributed by atoms with Crippen molar-refractivity contribution in [3.8, 4) is 6.07 Å². The molecule has 2 aromatic rings. The fourth-order valence-electron chi connectivity index (χ4n) is 2.07. The molecule has 2 heteroatoms. The summed E-state index contributed by atoms with van der Waals surface area (Å²) in [5.41, 5.74) is 4.55. The average molecular weight is 250 g/mol. The van der Waals surface area contributed by atoms with Crippen LogP contribution >= 0.6 is 0 Å². The number of nitriles is 1. The van der Waals surface area contributed by atoms with Crippen LogP contribution in [0.3, 0.4) is 0 Å². The van der Waals surface area contributed by atoms with E-state index in [1.54, 1.807) is 0 Å². The lowest BCUT2D eigenvalue weighted by Crippen LogP contribution is -1.97. The zero-order chi connectivity index (χ0) is 13.7. The van der Waals surface area contributed by atoms with Gasteiger partial charge < -0.3 is 5.32 Å². The van der Waals surface area contributed by atoms with Gasteiger partial charge in [0.25, 0.3) is 0 Å². The Labute approximate surface area is 114 Å². The van der Waals surface area contributed by atoms with Crippen LogP contribution in [0, 0.1) is 11.3 Å². The maximum atomic E-state index is 8.66. The molecule has 0 spiro atoms. The predicted octanol–water partition coefficient (Wildman–Crippen LogP) is 4.62. The Morgan fingerprint density at radius 1 is 1.05 bits per heavy atom. The number of rotatable bonds is 4. The van der Waals surface area contributed by atoms with Crippen molar-refractivity contribution in [3.63, 3.8) is 0 Å². The van der Waals surface area contributed by atoms with Gasteiger partial charge in [-0.25, -0.2) is 0 Å². The summed E-state index contributed by atoms with van der Waals surface area (Å²) in [6.45, 7) is 4.38. The third kappa shape index (κ3) is 3.35. The molecule has 0 unspecified atom stereocenters. The number of hydrogen-bond acceptors (Lipinski definition) is 2. The molecule has 0 aliphatic rings. The van der Waals surface area contributed by atoms with E-state index in [2.05, 4.69) is 43.4 Å². The molecule has 2 nitrogen and oxygen atoms in total. The second-order valence-corrected chi connectivity index (χ2v) is 4.90. The third-order valence-electron chi connectivity index (χ3n) is 3.10. The number of hydrogen-bond donors (Lipinski definition) is 1. The van der Waals surface area contributed by atoms with Gasteiger partial charge in [-0.2, -0.15) is 5.26 Å². The van der Waals surface area contributed by atoms with Crippen LogP contribution < -0.4 is 5.32 Å². The fourth-order valence-corrected chi connectivity index (χ4v) is 2.07. The van der Waals surface area contributed by atoms with Gasteiger partial charge in [0.1, 0.15) is 0 Å². The predicted molar refractivity (Wildman–Crippen MR) is 79.6 cm³/mol. The number of benzene rings is 2. The second-order valence-electron chi connectivity index (χ2n) is 4.90. The number of para-hydroxylation sites is 1. The van der Waals surface area contributed by atoms with Gasteiger partial charge in [-0.15, -0.1) is 0 Å². The van der Waals surface area contributed by atoms with E-state index >= 15 is 0 Å². The molecule has 0 radical (unpaired) electrons. The van der Waals surface area contributed by atoms with E-state index < -0.39 is 0 Å². The first-order valence-corrected chi connectivity index (χ1v) is 6.52. The molecular weight excluding hydrogens is 232 g/mol. The zero-order valence-corrected chi connectivity index (χ0v) is 11.4. The molecule has 19 heavy (non-hydrogen) atoms. The van der Waals surface area contributed by atoms with Crippen molar-refractivity contribution in [3.05, 3.63) is 59.7 Å². The Hall–Kier alpha value is -2.27. The van der Waals surface area contributed by atoms with E-state index in [0.29, 0.717) is 12.3 Å². The van der Waals surface area contributed by atoms with Gasteiger partial charge in [-0.05, 0) is 35.2 Å². The lowest BCUT2D eigenvalue weighted by atomic mass is 10.0. The number of anilines is 2. The first kappa shape index (κ1) is 13.2. The van der Waals surface area contributed by atoms with Crippen LogP contribution in [0.4, 0.5) is 11.4 Å². The molecule has 0 amide bonds. The molecule has 0 bridgehead atoms. The molecule has 0 aromatic heterocycles. The summed E-state index contributed by atoms with van der Waals surface area (Å²) in [6.07, 6.45) is 0.461. The Morgan fingerprint density at radius 3 is 2.37 bits per heavy atom. The second kappa shape index (κ2) is 6.06. The van der Waals surface area contributed by atoms with Gasteiger partial charge in [0, 0.05) is 11.4 Å². The van der Waals surface area contributed by atoms with Gasteiger partial charge in [0.15, 0.2) is 0 Å². The third-order valence-corrected chi connectivity index (χ3v) is 3.10. The summed E-state index contributed by atoms with van der Waals surface area (Å²) in [5.74, 6) is 0.488. The molecule has 0 saturated carbocycles. The van der Waals surface area contributed by atoms with Gasteiger partial charge in [-0.3, -0.25) is 0 Å². The largest absolute Gasteiger partial charge is 0.355 e. The van der Waals surface area contributed by atoms with Crippen LogP contribution in [0.1, 0.15) is 30.9 Å². The van der Waals surface area contributed by atoms with Crippen molar-refractivity contribution in [2.24, 2.45) is 0 Å². The minimum Gasteiger partial charge on any atom is -0.355 e. The van der Waals surface area contributed by atoms with Crippen LogP contribution in [0.25, 0.3) is 0 Å². The maximum absolute atomic E-state index is 8.66. The summed E-state index contributed by atoms with van der Waals surface area (Å²) >= 11 is 0. The van der Waals surface area contributed by atoms with Crippen molar-refractivity contribution in [1.82, 2.24) is 0 Å². The highest BCUT2D eigenvalue weighted by atomic mass is 14.9. The van der Waals surface area contributed by atoms with Gasteiger partial charge in [0.05, 0.1) is 12.5 Å². The van der Waals surface area contributed by atoms with Crippen molar-refractivity contribution in [1.29, 1.82) is 5.26 Å². The lowest BCUT2D eigenvalue weighted by molar-refractivity contribution is 0.869. The quantitative estimate of drug-likeness (QED) is 0.859. The Bertz CT molecular complexity index is 577. The standard InChI is InChI=1S/C17H18N2/c1-13(2)16-5-3-4-6-17(16)19-15-9-7-14(8-10-15)11-12-18/h3-10,13,19H,11H2,1-2H3. The Balaban J connectivity index is 2.19. The maximum Gasteiger partial charge on any atom is 0.0669 e. The Kier molecular flexibility index (Phi) is 4.20. The Morgan fingerprint density at radius 2 is 1.74 bits per heavy atom. The van der Waals surface area contributed by atoms with Crippen LogP contribution in [-0.4, -0.2) is 0 Å². The highest BCUT2D eigenvalue weighted by Crippen LogP contribution is 2.26. The molecule has 0 atom stereocenters. The highest BCUT2D eigenvalue weighted by molar-refractivity contribution is 5.64. The van der Waals surface area contributed by atoms with E-state index in [0.717, 1.165) is 16.9 Å². The average Bonchev–Trinajstić information content (AvgIpc) is 2.42. The minimum atomic E-state index is 0.461. The normalized spacial score (nSPS) is 10.2. The first-order valence-electron chi connectivity index (χ1n) is 6.52. The monoisotopic (exact) mass is 250 g/mol. The number of nitrogens with one attached hydrogen (secondary N) is 1. The summed E-state index contributed by atoms with van der Waals surface area (Å²) < 4.78 is 0. The zero-order valence-electron chi connectivity index (χ0n) is 11.4. The molecule has 0 saturated heterocycles. The van der Waals surface area contributed by atoms with Crippen molar-refractivity contribution in [2.45, 2.75) is 26.2 Å². The van der Waals surface area contributed by atoms with E-state index in [4.69, 9.17) is 5.26 Å². The summed E-state index contributed by atoms with van der Waals surface area (Å²) in [4.78, 5) is 0. The van der Waals surface area contributed by atoms with Crippen LogP contribution in [0.2, 0.25) is 0 Å². The molecule has 2 rings (SSSR count). The number of nitrogens with zero attached hydrogens (tertiary/aromatic N) is 1. The van der Waals surface area contributed by atoms with E-state index in [-0.39, 0.29) is 0 Å². The van der Waals surface area contributed by atoms with Gasteiger partial charge in [0.2, 0.25) is 0 Å². The molecular formula is C17H18N2. The molecule has 0 aliphatic heterocycles.